The molecule has 0 aromatic carbocycles. The first-order valence-electron chi connectivity index (χ1n) is 6.17. The number of thiophene rings is 2. The highest BCUT2D eigenvalue weighted by molar-refractivity contribution is 7.28. The molecule has 1 N–H and O–H groups in total. The van der Waals surface area contributed by atoms with Gasteiger partial charge in [-0.2, -0.15) is 0 Å². The third-order valence-electron chi connectivity index (χ3n) is 3.04. The maximum Gasteiger partial charge on any atom is 0.348 e. The Morgan fingerprint density at radius 2 is 2.21 bits per heavy atom. The van der Waals surface area contributed by atoms with Crippen molar-refractivity contribution in [3.63, 3.8) is 0 Å². The highest BCUT2D eigenvalue weighted by atomic mass is 32.1. The molecular weight excluding hydrogens is 282 g/mol. The summed E-state index contributed by atoms with van der Waals surface area (Å²) < 4.78 is 7.16. The highest BCUT2D eigenvalue weighted by Gasteiger charge is 2.24. The van der Waals surface area contributed by atoms with Crippen LogP contribution in [0.2, 0.25) is 0 Å². The van der Waals surface area contributed by atoms with Crippen LogP contribution in [0.3, 0.4) is 0 Å². The van der Waals surface area contributed by atoms with Crippen molar-refractivity contribution in [3.05, 3.63) is 21.9 Å². The smallest absolute Gasteiger partial charge is 0.348 e. The lowest BCUT2D eigenvalue weighted by Crippen LogP contribution is -2.17. The Kier molecular flexibility index (Phi) is 3.28. The molecule has 1 aliphatic heterocycles. The quantitative estimate of drug-likeness (QED) is 0.885. The van der Waals surface area contributed by atoms with Crippen LogP contribution in [0.4, 0.5) is 0 Å². The molecule has 0 radical (unpaired) electrons. The van der Waals surface area contributed by atoms with Gasteiger partial charge in [0.15, 0.2) is 0 Å². The van der Waals surface area contributed by atoms with Gasteiger partial charge in [-0.3, -0.25) is 4.79 Å². The molecule has 1 unspecified atom stereocenters. The zero-order chi connectivity index (χ0) is 13.4. The zero-order valence-corrected chi connectivity index (χ0v) is 12.0. The second-order valence-corrected chi connectivity index (χ2v) is 6.57. The van der Waals surface area contributed by atoms with Gasteiger partial charge in [-0.25, -0.2) is 4.79 Å². The van der Waals surface area contributed by atoms with Gasteiger partial charge in [0.1, 0.15) is 4.88 Å². The first-order chi connectivity index (χ1) is 9.17. The molecule has 100 valence electrons. The number of carbonyl (C=O) groups is 2. The van der Waals surface area contributed by atoms with Gasteiger partial charge in [-0.15, -0.1) is 22.7 Å². The molecule has 0 aliphatic carbocycles. The number of rotatable bonds is 3. The Bertz CT molecular complexity index is 612. The summed E-state index contributed by atoms with van der Waals surface area (Å²) in [4.78, 5) is 24.7. The Morgan fingerprint density at radius 1 is 1.42 bits per heavy atom. The van der Waals surface area contributed by atoms with Crippen molar-refractivity contribution < 1.29 is 14.3 Å². The van der Waals surface area contributed by atoms with Crippen LogP contribution in [-0.4, -0.2) is 18.5 Å². The minimum absolute atomic E-state index is 0.119. The minimum atomic E-state index is -0.258. The molecule has 6 heteroatoms. The van der Waals surface area contributed by atoms with E-state index in [0.717, 1.165) is 15.8 Å². The van der Waals surface area contributed by atoms with E-state index in [1.807, 2.05) is 6.07 Å². The molecule has 1 amide bonds. The number of ether oxygens (including phenoxy) is 1. The largest absolute Gasteiger partial charge is 0.462 e. The summed E-state index contributed by atoms with van der Waals surface area (Å²) >= 11 is 3.09. The van der Waals surface area contributed by atoms with E-state index in [4.69, 9.17) is 4.74 Å². The van der Waals surface area contributed by atoms with Crippen LogP contribution in [0, 0.1) is 0 Å². The molecule has 2 aromatic heterocycles. The molecule has 1 aliphatic rings. The zero-order valence-electron chi connectivity index (χ0n) is 10.4. The van der Waals surface area contributed by atoms with Crippen LogP contribution < -0.4 is 5.32 Å². The summed E-state index contributed by atoms with van der Waals surface area (Å²) in [6, 6.07) is 4.09. The monoisotopic (exact) mass is 295 g/mol. The third-order valence-corrected chi connectivity index (χ3v) is 5.43. The molecule has 1 saturated heterocycles. The van der Waals surface area contributed by atoms with Gasteiger partial charge in [-0.05, 0) is 25.5 Å². The van der Waals surface area contributed by atoms with Crippen LogP contribution in [0.5, 0.6) is 0 Å². The van der Waals surface area contributed by atoms with E-state index in [1.165, 1.54) is 16.2 Å². The van der Waals surface area contributed by atoms with Crippen LogP contribution in [0.1, 0.15) is 40.4 Å². The van der Waals surface area contributed by atoms with Gasteiger partial charge in [0.2, 0.25) is 5.91 Å². The average Bonchev–Trinajstić information content (AvgIpc) is 3.01. The van der Waals surface area contributed by atoms with E-state index in [1.54, 1.807) is 18.3 Å². The lowest BCUT2D eigenvalue weighted by atomic mass is 10.2. The fourth-order valence-electron chi connectivity index (χ4n) is 2.16. The van der Waals surface area contributed by atoms with Gasteiger partial charge >= 0.3 is 5.97 Å². The number of carbonyl (C=O) groups excluding carboxylic acids is 2. The maximum atomic E-state index is 11.6. The van der Waals surface area contributed by atoms with Crippen LogP contribution in [-0.2, 0) is 9.53 Å². The molecule has 1 atom stereocenters. The molecule has 3 rings (SSSR count). The molecule has 0 bridgehead atoms. The number of hydrogen-bond acceptors (Lipinski definition) is 5. The highest BCUT2D eigenvalue weighted by Crippen LogP contribution is 2.38. The van der Waals surface area contributed by atoms with Crippen molar-refractivity contribution in [2.24, 2.45) is 0 Å². The normalized spacial score (nSPS) is 18.8. The second-order valence-electron chi connectivity index (χ2n) is 4.37. The van der Waals surface area contributed by atoms with E-state index < -0.39 is 0 Å². The van der Waals surface area contributed by atoms with Crippen molar-refractivity contribution in [1.29, 1.82) is 0 Å². The standard InChI is InChI=1S/C13H13NO3S2/c1-2-17-13(16)11-6-10-9(19-11)5-8(18-10)7-3-4-12(15)14-7/h5-7H,2-4H2,1H3,(H,14,15). The van der Waals surface area contributed by atoms with E-state index in [9.17, 15) is 9.59 Å². The van der Waals surface area contributed by atoms with Crippen molar-refractivity contribution in [1.82, 2.24) is 5.32 Å². The fraction of sp³-hybridized carbons (Fsp3) is 0.385. The number of amides is 1. The number of esters is 1. The number of nitrogens with one attached hydrogen (secondary N) is 1. The van der Waals surface area contributed by atoms with Crippen molar-refractivity contribution in [3.8, 4) is 0 Å². The molecular formula is C13H13NO3S2. The second kappa shape index (κ2) is 4.94. The molecule has 0 spiro atoms. The Morgan fingerprint density at radius 3 is 2.84 bits per heavy atom. The predicted molar refractivity (Wildman–Crippen MR) is 75.8 cm³/mol. The summed E-state index contributed by atoms with van der Waals surface area (Å²) in [5.41, 5.74) is 0. The summed E-state index contributed by atoms with van der Waals surface area (Å²) in [7, 11) is 0. The van der Waals surface area contributed by atoms with Crippen molar-refractivity contribution in [2.75, 3.05) is 6.61 Å². The van der Waals surface area contributed by atoms with E-state index in [0.29, 0.717) is 17.9 Å². The lowest BCUT2D eigenvalue weighted by Gasteiger charge is -2.05. The first kappa shape index (κ1) is 12.6. The third kappa shape index (κ3) is 2.37. The summed E-state index contributed by atoms with van der Waals surface area (Å²) in [6.07, 6.45) is 1.46. The molecule has 19 heavy (non-hydrogen) atoms. The Balaban J connectivity index is 1.85. The molecule has 0 saturated carbocycles. The summed E-state index contributed by atoms with van der Waals surface area (Å²) in [6.45, 7) is 2.19. The average molecular weight is 295 g/mol. The van der Waals surface area contributed by atoms with Crippen LogP contribution >= 0.6 is 22.7 Å². The van der Waals surface area contributed by atoms with Crippen LogP contribution in [0.25, 0.3) is 9.40 Å². The topological polar surface area (TPSA) is 55.4 Å². The van der Waals surface area contributed by atoms with Gasteiger partial charge in [-0.1, -0.05) is 0 Å². The van der Waals surface area contributed by atoms with E-state index in [-0.39, 0.29) is 17.9 Å². The fourth-order valence-corrected chi connectivity index (χ4v) is 4.54. The summed E-state index contributed by atoms with van der Waals surface area (Å²) in [5, 5.41) is 2.96. The molecule has 1 fully saturated rings. The van der Waals surface area contributed by atoms with Crippen molar-refractivity contribution in [2.45, 2.75) is 25.8 Å². The predicted octanol–water partition coefficient (Wildman–Crippen LogP) is 3.09. The van der Waals surface area contributed by atoms with E-state index in [2.05, 4.69) is 11.4 Å². The van der Waals surface area contributed by atoms with Gasteiger partial charge in [0, 0.05) is 20.7 Å². The first-order valence-corrected chi connectivity index (χ1v) is 7.80. The Labute approximate surface area is 118 Å². The molecule has 4 nitrogen and oxygen atoms in total. The SMILES string of the molecule is CCOC(=O)c1cc2sc(C3CCC(=O)N3)cc2s1. The molecule has 2 aromatic rings. The maximum absolute atomic E-state index is 11.6. The lowest BCUT2D eigenvalue weighted by molar-refractivity contribution is -0.119. The van der Waals surface area contributed by atoms with Gasteiger partial charge in [0.05, 0.1) is 12.6 Å². The molecule has 3 heterocycles. The Hall–Kier alpha value is -1.40. The van der Waals surface area contributed by atoms with Gasteiger partial charge < -0.3 is 10.1 Å². The number of fused-ring (bicyclic) bond motifs is 1. The van der Waals surface area contributed by atoms with Crippen molar-refractivity contribution >= 4 is 43.9 Å². The summed E-state index contributed by atoms with van der Waals surface area (Å²) in [5.74, 6) is -0.138. The van der Waals surface area contributed by atoms with E-state index >= 15 is 0 Å². The number of hydrogen-bond donors (Lipinski definition) is 1. The van der Waals surface area contributed by atoms with Crippen LogP contribution in [0.15, 0.2) is 12.1 Å². The van der Waals surface area contributed by atoms with Gasteiger partial charge in [0.25, 0.3) is 0 Å². The minimum Gasteiger partial charge on any atom is -0.462 e.